The molecule has 1 N–H and O–H groups in total. The first-order valence-corrected chi connectivity index (χ1v) is 8.79. The normalized spacial score (nSPS) is 17.2. The van der Waals surface area contributed by atoms with Gasteiger partial charge in [-0.2, -0.15) is 0 Å². The topological polar surface area (TPSA) is 66.5 Å². The summed E-state index contributed by atoms with van der Waals surface area (Å²) in [6, 6.07) is 12.9. The van der Waals surface area contributed by atoms with Crippen LogP contribution < -0.4 is 5.32 Å². The van der Waals surface area contributed by atoms with Gasteiger partial charge in [0.2, 0.25) is 0 Å². The van der Waals surface area contributed by atoms with Gasteiger partial charge in [0.05, 0.1) is 17.2 Å². The largest absolute Gasteiger partial charge is 0.345 e. The number of amides is 3. The highest BCUT2D eigenvalue weighted by Gasteiger charge is 2.35. The lowest BCUT2D eigenvalue weighted by Gasteiger charge is -2.19. The van der Waals surface area contributed by atoms with Gasteiger partial charge in [0, 0.05) is 12.6 Å². The number of nitrogens with zero attached hydrogens (tertiary/aromatic N) is 1. The molecule has 1 heterocycles. The van der Waals surface area contributed by atoms with Crippen molar-refractivity contribution in [3.8, 4) is 0 Å². The lowest BCUT2D eigenvalue weighted by atomic mass is 10.00. The Hall–Kier alpha value is -2.95. The molecule has 3 amide bonds. The molecule has 5 nitrogen and oxygen atoms in total. The number of nitrogens with one attached hydrogen (secondary N) is 1. The SMILES string of the molecule is Cc1ccc([C@H](NC(=O)c2ccc3c(c2)C(=O)N(C)C3=O)C2CC2)cc1. The summed E-state index contributed by atoms with van der Waals surface area (Å²) < 4.78 is 0. The molecule has 1 saturated carbocycles. The highest BCUT2D eigenvalue weighted by molar-refractivity contribution is 6.21. The van der Waals surface area contributed by atoms with Gasteiger partial charge in [-0.25, -0.2) is 0 Å². The molecule has 2 aliphatic rings. The van der Waals surface area contributed by atoms with Crippen LogP contribution in [0.3, 0.4) is 0 Å². The molecule has 0 unspecified atom stereocenters. The summed E-state index contributed by atoms with van der Waals surface area (Å²) in [4.78, 5) is 38.0. The number of benzene rings is 2. The molecule has 1 aliphatic carbocycles. The van der Waals surface area contributed by atoms with E-state index in [1.807, 2.05) is 19.1 Å². The molecule has 0 radical (unpaired) electrons. The average Bonchev–Trinajstić information content (AvgIpc) is 3.46. The first-order chi connectivity index (χ1) is 12.5. The van der Waals surface area contributed by atoms with Crippen LogP contribution in [0.15, 0.2) is 42.5 Å². The standard InChI is InChI=1S/C21H20N2O3/c1-12-3-5-13(6-4-12)18(14-7-8-14)22-19(24)15-9-10-16-17(11-15)21(26)23(2)20(16)25/h3-6,9-11,14,18H,7-8H2,1-2H3,(H,22,24)/t18-/m0/s1. The first kappa shape index (κ1) is 16.5. The third-order valence-electron chi connectivity index (χ3n) is 5.17. The van der Waals surface area contributed by atoms with Crippen LogP contribution in [-0.4, -0.2) is 29.7 Å². The van der Waals surface area contributed by atoms with E-state index in [-0.39, 0.29) is 23.8 Å². The maximum absolute atomic E-state index is 12.8. The summed E-state index contributed by atoms with van der Waals surface area (Å²) >= 11 is 0. The van der Waals surface area contributed by atoms with Crippen LogP contribution in [0, 0.1) is 12.8 Å². The van der Waals surface area contributed by atoms with Crippen LogP contribution in [0.4, 0.5) is 0 Å². The Balaban J connectivity index is 1.59. The molecule has 0 spiro atoms. The zero-order valence-corrected chi connectivity index (χ0v) is 14.8. The van der Waals surface area contributed by atoms with Gasteiger partial charge in [-0.3, -0.25) is 19.3 Å². The van der Waals surface area contributed by atoms with Crippen LogP contribution in [0.2, 0.25) is 0 Å². The molecular formula is C21H20N2O3. The van der Waals surface area contributed by atoms with Gasteiger partial charge in [-0.05, 0) is 49.4 Å². The second-order valence-electron chi connectivity index (χ2n) is 7.13. The molecule has 132 valence electrons. The quantitative estimate of drug-likeness (QED) is 0.864. The Labute approximate surface area is 152 Å². The number of fused-ring (bicyclic) bond motifs is 1. The molecule has 1 fully saturated rings. The summed E-state index contributed by atoms with van der Waals surface area (Å²) in [7, 11) is 1.45. The van der Waals surface area contributed by atoms with Crippen molar-refractivity contribution >= 4 is 17.7 Å². The van der Waals surface area contributed by atoms with Crippen LogP contribution >= 0.6 is 0 Å². The molecule has 0 bridgehead atoms. The van der Waals surface area contributed by atoms with Crippen molar-refractivity contribution in [2.24, 2.45) is 5.92 Å². The molecule has 1 aliphatic heterocycles. The number of hydrogen-bond acceptors (Lipinski definition) is 3. The minimum Gasteiger partial charge on any atom is -0.345 e. The monoisotopic (exact) mass is 348 g/mol. The van der Waals surface area contributed by atoms with Crippen molar-refractivity contribution in [3.05, 3.63) is 70.3 Å². The van der Waals surface area contributed by atoms with E-state index in [1.54, 1.807) is 12.1 Å². The van der Waals surface area contributed by atoms with Crippen molar-refractivity contribution < 1.29 is 14.4 Å². The maximum Gasteiger partial charge on any atom is 0.261 e. The number of rotatable bonds is 4. The number of aryl methyl sites for hydroxylation is 1. The predicted molar refractivity (Wildman–Crippen MR) is 97.0 cm³/mol. The summed E-state index contributed by atoms with van der Waals surface area (Å²) in [6.07, 6.45) is 2.20. The molecule has 0 saturated heterocycles. The van der Waals surface area contributed by atoms with Crippen LogP contribution in [-0.2, 0) is 0 Å². The molecule has 2 aromatic carbocycles. The summed E-state index contributed by atoms with van der Waals surface area (Å²) in [6.45, 7) is 2.04. The van der Waals surface area contributed by atoms with Gasteiger partial charge in [-0.1, -0.05) is 29.8 Å². The molecule has 4 rings (SSSR count). The van der Waals surface area contributed by atoms with E-state index in [2.05, 4.69) is 17.4 Å². The molecule has 26 heavy (non-hydrogen) atoms. The van der Waals surface area contributed by atoms with E-state index in [0.29, 0.717) is 22.6 Å². The average molecular weight is 348 g/mol. The Morgan fingerprint density at radius 1 is 1.04 bits per heavy atom. The molecule has 1 atom stereocenters. The van der Waals surface area contributed by atoms with Gasteiger partial charge in [0.25, 0.3) is 17.7 Å². The van der Waals surface area contributed by atoms with E-state index in [9.17, 15) is 14.4 Å². The van der Waals surface area contributed by atoms with E-state index < -0.39 is 0 Å². The number of hydrogen-bond donors (Lipinski definition) is 1. The third-order valence-corrected chi connectivity index (χ3v) is 5.17. The second kappa shape index (κ2) is 6.09. The zero-order valence-electron chi connectivity index (χ0n) is 14.8. The minimum atomic E-state index is -0.364. The lowest BCUT2D eigenvalue weighted by molar-refractivity contribution is 0.0693. The second-order valence-corrected chi connectivity index (χ2v) is 7.13. The van der Waals surface area contributed by atoms with Crippen molar-refractivity contribution in [1.29, 1.82) is 0 Å². The Morgan fingerprint density at radius 3 is 2.35 bits per heavy atom. The van der Waals surface area contributed by atoms with Crippen LogP contribution in [0.25, 0.3) is 0 Å². The number of carbonyl (C=O) groups excluding carboxylic acids is 3. The first-order valence-electron chi connectivity index (χ1n) is 8.79. The van der Waals surface area contributed by atoms with Gasteiger partial charge in [0.1, 0.15) is 0 Å². The van der Waals surface area contributed by atoms with Gasteiger partial charge in [0.15, 0.2) is 0 Å². The van der Waals surface area contributed by atoms with E-state index >= 15 is 0 Å². The third kappa shape index (κ3) is 2.79. The number of carbonyl (C=O) groups is 3. The van der Waals surface area contributed by atoms with Gasteiger partial charge in [-0.15, -0.1) is 0 Å². The Morgan fingerprint density at radius 2 is 1.69 bits per heavy atom. The summed E-state index contributed by atoms with van der Waals surface area (Å²) in [5, 5.41) is 3.11. The van der Waals surface area contributed by atoms with Crippen LogP contribution in [0.1, 0.15) is 61.1 Å². The fraction of sp³-hybridized carbons (Fsp3) is 0.286. The van der Waals surface area contributed by atoms with E-state index in [4.69, 9.17) is 0 Å². The van der Waals surface area contributed by atoms with Crippen LogP contribution in [0.5, 0.6) is 0 Å². The van der Waals surface area contributed by atoms with Gasteiger partial charge >= 0.3 is 0 Å². The molecule has 2 aromatic rings. The minimum absolute atomic E-state index is 0.0311. The zero-order chi connectivity index (χ0) is 18.4. The fourth-order valence-electron chi connectivity index (χ4n) is 3.40. The predicted octanol–water partition coefficient (Wildman–Crippen LogP) is 3.10. The maximum atomic E-state index is 12.8. The van der Waals surface area contributed by atoms with Crippen molar-refractivity contribution in [2.75, 3.05) is 7.05 Å². The summed E-state index contributed by atoms with van der Waals surface area (Å²) in [5.74, 6) is -0.463. The fourth-order valence-corrected chi connectivity index (χ4v) is 3.40. The number of imide groups is 1. The van der Waals surface area contributed by atoms with Gasteiger partial charge < -0.3 is 5.32 Å². The van der Waals surface area contributed by atoms with Crippen molar-refractivity contribution in [1.82, 2.24) is 10.2 Å². The molecule has 0 aromatic heterocycles. The molecule has 5 heteroatoms. The van der Waals surface area contributed by atoms with E-state index in [0.717, 1.165) is 23.3 Å². The Kier molecular flexibility index (Phi) is 3.87. The van der Waals surface area contributed by atoms with E-state index in [1.165, 1.54) is 18.7 Å². The van der Waals surface area contributed by atoms with Crippen molar-refractivity contribution in [3.63, 3.8) is 0 Å². The highest BCUT2D eigenvalue weighted by Crippen LogP contribution is 2.41. The summed E-state index contributed by atoms with van der Waals surface area (Å²) in [5.41, 5.74) is 3.33. The Bertz CT molecular complexity index is 913. The highest BCUT2D eigenvalue weighted by atomic mass is 16.2. The van der Waals surface area contributed by atoms with Crippen molar-refractivity contribution in [2.45, 2.75) is 25.8 Å². The molecular weight excluding hydrogens is 328 g/mol. The lowest BCUT2D eigenvalue weighted by Crippen LogP contribution is -2.30. The smallest absolute Gasteiger partial charge is 0.261 e.